The number of benzene rings is 1. The zero-order valence-electron chi connectivity index (χ0n) is 11.4. The van der Waals surface area contributed by atoms with Gasteiger partial charge in [0.1, 0.15) is 0 Å². The van der Waals surface area contributed by atoms with Crippen LogP contribution < -0.4 is 5.32 Å². The number of anilines is 1. The molecule has 0 aliphatic rings. The minimum atomic E-state index is 0.534. The van der Waals surface area contributed by atoms with Gasteiger partial charge >= 0.3 is 0 Å². The van der Waals surface area contributed by atoms with Gasteiger partial charge in [-0.3, -0.25) is 4.90 Å². The van der Waals surface area contributed by atoms with Crippen LogP contribution in [0.1, 0.15) is 13.8 Å². The van der Waals surface area contributed by atoms with E-state index in [1.165, 1.54) is 0 Å². The van der Waals surface area contributed by atoms with Crippen LogP contribution in [0.15, 0.2) is 24.3 Å². The summed E-state index contributed by atoms with van der Waals surface area (Å²) >= 11 is 5.85. The van der Waals surface area contributed by atoms with Gasteiger partial charge in [-0.2, -0.15) is 0 Å². The van der Waals surface area contributed by atoms with Crippen molar-refractivity contribution in [1.82, 2.24) is 4.90 Å². The maximum Gasteiger partial charge on any atom is 0.0589 e. The summed E-state index contributed by atoms with van der Waals surface area (Å²) < 4.78 is 5.12. The van der Waals surface area contributed by atoms with Gasteiger partial charge in [0.05, 0.1) is 6.61 Å². The van der Waals surface area contributed by atoms with Crippen molar-refractivity contribution in [3.63, 3.8) is 0 Å². The van der Waals surface area contributed by atoms with Gasteiger partial charge in [0.15, 0.2) is 0 Å². The Hall–Kier alpha value is -0.770. The maximum absolute atomic E-state index is 5.85. The average Bonchev–Trinajstić information content (AvgIpc) is 2.35. The Morgan fingerprint density at radius 1 is 1.22 bits per heavy atom. The summed E-state index contributed by atoms with van der Waals surface area (Å²) in [5.74, 6) is 0. The maximum atomic E-state index is 5.85. The standard InChI is InChI=1S/C14H23ClN2O/c1-12(2)17(10-11-18-3)9-8-16-14-6-4-13(15)5-7-14/h4-7,12,16H,8-11H2,1-3H3. The van der Waals surface area contributed by atoms with Gasteiger partial charge in [-0.15, -0.1) is 0 Å². The second-order valence-electron chi connectivity index (χ2n) is 4.56. The predicted octanol–water partition coefficient (Wildman–Crippen LogP) is 3.11. The second kappa shape index (κ2) is 8.35. The van der Waals surface area contributed by atoms with Crippen LogP contribution in [-0.4, -0.2) is 44.3 Å². The third-order valence-corrected chi connectivity index (χ3v) is 3.14. The van der Waals surface area contributed by atoms with Gasteiger partial charge in [-0.25, -0.2) is 0 Å². The van der Waals surface area contributed by atoms with E-state index in [-0.39, 0.29) is 0 Å². The molecule has 4 heteroatoms. The fraction of sp³-hybridized carbons (Fsp3) is 0.571. The third kappa shape index (κ3) is 5.71. The molecule has 0 spiro atoms. The number of hydrogen-bond donors (Lipinski definition) is 1. The first-order chi connectivity index (χ1) is 8.63. The van der Waals surface area contributed by atoms with E-state index in [4.69, 9.17) is 16.3 Å². The van der Waals surface area contributed by atoms with Gasteiger partial charge < -0.3 is 10.1 Å². The van der Waals surface area contributed by atoms with Crippen LogP contribution in [0.5, 0.6) is 0 Å². The number of hydrogen-bond acceptors (Lipinski definition) is 3. The molecule has 1 aromatic carbocycles. The number of methoxy groups -OCH3 is 1. The summed E-state index contributed by atoms with van der Waals surface area (Å²) in [7, 11) is 1.74. The number of halogens is 1. The minimum absolute atomic E-state index is 0.534. The lowest BCUT2D eigenvalue weighted by atomic mass is 10.3. The quantitative estimate of drug-likeness (QED) is 0.786. The van der Waals surface area contributed by atoms with Gasteiger partial charge in [0, 0.05) is 43.5 Å². The molecule has 1 rings (SSSR count). The van der Waals surface area contributed by atoms with Crippen molar-refractivity contribution < 1.29 is 4.74 Å². The summed E-state index contributed by atoms with van der Waals surface area (Å²) in [6.45, 7) is 8.08. The smallest absolute Gasteiger partial charge is 0.0589 e. The number of rotatable bonds is 8. The van der Waals surface area contributed by atoms with Crippen molar-refractivity contribution in [3.05, 3.63) is 29.3 Å². The summed E-state index contributed by atoms with van der Waals surface area (Å²) in [5.41, 5.74) is 1.11. The highest BCUT2D eigenvalue weighted by molar-refractivity contribution is 6.30. The molecule has 0 bridgehead atoms. The number of ether oxygens (including phenoxy) is 1. The van der Waals surface area contributed by atoms with Crippen LogP contribution in [0, 0.1) is 0 Å². The van der Waals surface area contributed by atoms with Gasteiger partial charge in [0.25, 0.3) is 0 Å². The SMILES string of the molecule is COCCN(CCNc1ccc(Cl)cc1)C(C)C. The van der Waals surface area contributed by atoms with Gasteiger partial charge in [0.2, 0.25) is 0 Å². The first-order valence-electron chi connectivity index (χ1n) is 6.36. The van der Waals surface area contributed by atoms with Gasteiger partial charge in [-0.1, -0.05) is 11.6 Å². The summed E-state index contributed by atoms with van der Waals surface area (Å²) in [5, 5.41) is 4.16. The Morgan fingerprint density at radius 2 is 1.89 bits per heavy atom. The highest BCUT2D eigenvalue weighted by Crippen LogP contribution is 2.13. The van der Waals surface area contributed by atoms with E-state index in [2.05, 4.69) is 24.1 Å². The van der Waals surface area contributed by atoms with E-state index in [1.807, 2.05) is 24.3 Å². The van der Waals surface area contributed by atoms with E-state index < -0.39 is 0 Å². The number of nitrogens with zero attached hydrogens (tertiary/aromatic N) is 1. The molecular formula is C14H23ClN2O. The lowest BCUT2D eigenvalue weighted by Gasteiger charge is -2.26. The van der Waals surface area contributed by atoms with E-state index in [1.54, 1.807) is 7.11 Å². The van der Waals surface area contributed by atoms with Crippen LogP contribution in [0.3, 0.4) is 0 Å². The zero-order chi connectivity index (χ0) is 13.4. The third-order valence-electron chi connectivity index (χ3n) is 2.89. The molecule has 0 fully saturated rings. The van der Waals surface area contributed by atoms with Crippen molar-refractivity contribution in [2.45, 2.75) is 19.9 Å². The Labute approximate surface area is 115 Å². The summed E-state index contributed by atoms with van der Waals surface area (Å²) in [4.78, 5) is 2.40. The van der Waals surface area contributed by atoms with E-state index in [9.17, 15) is 0 Å². The Morgan fingerprint density at radius 3 is 2.44 bits per heavy atom. The molecule has 0 heterocycles. The molecular weight excluding hydrogens is 248 g/mol. The summed E-state index contributed by atoms with van der Waals surface area (Å²) in [6.07, 6.45) is 0. The normalized spacial score (nSPS) is 11.2. The predicted molar refractivity (Wildman–Crippen MR) is 78.5 cm³/mol. The van der Waals surface area contributed by atoms with E-state index in [0.717, 1.165) is 37.0 Å². The van der Waals surface area contributed by atoms with Crippen molar-refractivity contribution in [3.8, 4) is 0 Å². The Kier molecular flexibility index (Phi) is 7.09. The van der Waals surface area contributed by atoms with Crippen LogP contribution in [0.25, 0.3) is 0 Å². The van der Waals surface area contributed by atoms with Crippen molar-refractivity contribution in [1.29, 1.82) is 0 Å². The fourth-order valence-electron chi connectivity index (χ4n) is 1.75. The van der Waals surface area contributed by atoms with Crippen LogP contribution in [0.2, 0.25) is 5.02 Å². The molecule has 0 aliphatic carbocycles. The van der Waals surface area contributed by atoms with E-state index >= 15 is 0 Å². The molecule has 0 amide bonds. The molecule has 0 saturated carbocycles. The van der Waals surface area contributed by atoms with E-state index in [0.29, 0.717) is 6.04 Å². The van der Waals surface area contributed by atoms with Crippen molar-refractivity contribution in [2.24, 2.45) is 0 Å². The van der Waals surface area contributed by atoms with Crippen LogP contribution >= 0.6 is 11.6 Å². The average molecular weight is 271 g/mol. The van der Waals surface area contributed by atoms with Gasteiger partial charge in [-0.05, 0) is 38.1 Å². The molecule has 0 aromatic heterocycles. The molecule has 3 nitrogen and oxygen atoms in total. The monoisotopic (exact) mass is 270 g/mol. The topological polar surface area (TPSA) is 24.5 Å². The molecule has 0 saturated heterocycles. The molecule has 18 heavy (non-hydrogen) atoms. The first kappa shape index (κ1) is 15.3. The molecule has 0 atom stereocenters. The van der Waals surface area contributed by atoms with Crippen LogP contribution in [0.4, 0.5) is 5.69 Å². The van der Waals surface area contributed by atoms with Crippen molar-refractivity contribution >= 4 is 17.3 Å². The largest absolute Gasteiger partial charge is 0.384 e. The fourth-order valence-corrected chi connectivity index (χ4v) is 1.87. The molecule has 0 aliphatic heterocycles. The minimum Gasteiger partial charge on any atom is -0.384 e. The lowest BCUT2D eigenvalue weighted by Crippen LogP contribution is -2.37. The Bertz CT molecular complexity index is 327. The molecule has 0 unspecified atom stereocenters. The first-order valence-corrected chi connectivity index (χ1v) is 6.73. The van der Waals surface area contributed by atoms with Crippen LogP contribution in [-0.2, 0) is 4.74 Å². The summed E-state index contributed by atoms with van der Waals surface area (Å²) in [6, 6.07) is 8.32. The highest BCUT2D eigenvalue weighted by atomic mass is 35.5. The zero-order valence-corrected chi connectivity index (χ0v) is 12.2. The molecule has 102 valence electrons. The molecule has 1 N–H and O–H groups in total. The highest BCUT2D eigenvalue weighted by Gasteiger charge is 2.08. The lowest BCUT2D eigenvalue weighted by molar-refractivity contribution is 0.132. The Balaban J connectivity index is 2.31. The molecule has 0 radical (unpaired) electrons. The molecule has 1 aromatic rings. The number of nitrogens with one attached hydrogen (secondary N) is 1. The second-order valence-corrected chi connectivity index (χ2v) is 4.99. The van der Waals surface area contributed by atoms with Crippen molar-refractivity contribution in [2.75, 3.05) is 38.7 Å².